The Hall–Kier alpha value is -0.240. The fourth-order valence-electron chi connectivity index (χ4n) is 0.387. The normalized spacial score (nSPS) is 14.5. The Morgan fingerprint density at radius 2 is 0.722 bits per heavy atom. The van der Waals surface area contributed by atoms with Crippen LogP contribution in [0.2, 0.25) is 0 Å². The van der Waals surface area contributed by atoms with Gasteiger partial charge < -0.3 is 30.6 Å². The Morgan fingerprint density at radius 3 is 0.722 bits per heavy atom. The molecule has 0 heterocycles. The van der Waals surface area contributed by atoms with Crippen molar-refractivity contribution in [3.05, 3.63) is 0 Å². The van der Waals surface area contributed by atoms with E-state index in [1.54, 1.807) is 0 Å². The minimum Gasteiger partial charge on any atom is -0.394 e. The molecule has 18 heavy (non-hydrogen) atoms. The summed E-state index contributed by atoms with van der Waals surface area (Å²) in [4.78, 5) is 0. The summed E-state index contributed by atoms with van der Waals surface area (Å²) in [7, 11) is 0. The van der Waals surface area contributed by atoms with Crippen LogP contribution in [-0.2, 0) is 0 Å². The highest BCUT2D eigenvalue weighted by Crippen LogP contribution is 1.84. The van der Waals surface area contributed by atoms with Crippen LogP contribution in [-0.4, -0.2) is 68.8 Å². The minimum absolute atomic E-state index is 0.115. The number of hydrogen-bond acceptors (Lipinski definition) is 6. The first-order valence-corrected chi connectivity index (χ1v) is 6.29. The minimum atomic E-state index is -0.509. The standard InChI is InChI=1S/3C4H10O2/c3*1-2-4(6)3-5/h3*4-6H,2-3H2,1H3. The van der Waals surface area contributed by atoms with Gasteiger partial charge in [0.2, 0.25) is 0 Å². The Bertz CT molecular complexity index is 98.0. The average Bonchev–Trinajstić information content (AvgIpc) is 2.45. The third-order valence-corrected chi connectivity index (χ3v) is 2.05. The van der Waals surface area contributed by atoms with Gasteiger partial charge in [-0.3, -0.25) is 0 Å². The van der Waals surface area contributed by atoms with Crippen molar-refractivity contribution in [1.29, 1.82) is 0 Å². The molecular formula is C12H30O6. The van der Waals surface area contributed by atoms with Crippen molar-refractivity contribution in [2.45, 2.75) is 58.3 Å². The second kappa shape index (κ2) is 19.1. The van der Waals surface area contributed by atoms with Gasteiger partial charge in [-0.2, -0.15) is 0 Å². The molecule has 0 saturated heterocycles. The van der Waals surface area contributed by atoms with E-state index < -0.39 is 18.3 Å². The zero-order valence-corrected chi connectivity index (χ0v) is 11.7. The fourth-order valence-corrected chi connectivity index (χ4v) is 0.387. The summed E-state index contributed by atoms with van der Waals surface area (Å²) in [5.41, 5.74) is 0. The van der Waals surface area contributed by atoms with Crippen molar-refractivity contribution >= 4 is 0 Å². The van der Waals surface area contributed by atoms with Crippen molar-refractivity contribution in [1.82, 2.24) is 0 Å². The second-order valence-electron chi connectivity index (χ2n) is 3.73. The summed E-state index contributed by atoms with van der Waals surface area (Å²) >= 11 is 0. The maximum atomic E-state index is 8.42. The van der Waals surface area contributed by atoms with Crippen molar-refractivity contribution in [3.8, 4) is 0 Å². The second-order valence-corrected chi connectivity index (χ2v) is 3.73. The molecule has 0 aromatic heterocycles. The molecule has 6 N–H and O–H groups in total. The average molecular weight is 270 g/mol. The Balaban J connectivity index is -0.000000187. The van der Waals surface area contributed by atoms with Gasteiger partial charge in [0.15, 0.2) is 0 Å². The van der Waals surface area contributed by atoms with Crippen LogP contribution < -0.4 is 0 Å². The predicted octanol–water partition coefficient (Wildman–Crippen LogP) is -0.751. The lowest BCUT2D eigenvalue weighted by molar-refractivity contribution is 0.0923. The SMILES string of the molecule is CCC(O)CO.CCC(O)CO.CCC(O)CO. The molecule has 6 nitrogen and oxygen atoms in total. The molecule has 0 rings (SSSR count). The van der Waals surface area contributed by atoms with Crippen molar-refractivity contribution in [3.63, 3.8) is 0 Å². The van der Waals surface area contributed by atoms with Gasteiger partial charge in [0.1, 0.15) is 0 Å². The molecule has 0 amide bonds. The van der Waals surface area contributed by atoms with E-state index >= 15 is 0 Å². The molecule has 3 unspecified atom stereocenters. The van der Waals surface area contributed by atoms with Gasteiger partial charge in [-0.15, -0.1) is 0 Å². The highest BCUT2D eigenvalue weighted by Gasteiger charge is 1.93. The molecule has 3 atom stereocenters. The summed E-state index contributed by atoms with van der Waals surface area (Å²) in [5, 5.41) is 49.5. The van der Waals surface area contributed by atoms with E-state index in [0.29, 0.717) is 19.3 Å². The summed E-state index contributed by atoms with van der Waals surface area (Å²) in [6.07, 6.45) is 0.378. The van der Waals surface area contributed by atoms with Gasteiger partial charge in [-0.25, -0.2) is 0 Å². The van der Waals surface area contributed by atoms with Crippen molar-refractivity contribution in [2.24, 2.45) is 0 Å². The third kappa shape index (κ3) is 24.8. The largest absolute Gasteiger partial charge is 0.394 e. The molecule has 0 aromatic carbocycles. The lowest BCUT2D eigenvalue weighted by Gasteiger charge is -1.97. The van der Waals surface area contributed by atoms with Crippen molar-refractivity contribution < 1.29 is 30.6 Å². The summed E-state index contributed by atoms with van der Waals surface area (Å²) in [5.74, 6) is 0. The highest BCUT2D eigenvalue weighted by atomic mass is 16.3. The first-order valence-electron chi connectivity index (χ1n) is 6.29. The number of aliphatic hydroxyl groups excluding tert-OH is 6. The van der Waals surface area contributed by atoms with Gasteiger partial charge in [-0.05, 0) is 19.3 Å². The molecule has 0 fully saturated rings. The quantitative estimate of drug-likeness (QED) is 0.378. The van der Waals surface area contributed by atoms with Gasteiger partial charge in [-0.1, -0.05) is 20.8 Å². The number of hydrogen-bond donors (Lipinski definition) is 6. The Morgan fingerprint density at radius 1 is 0.556 bits per heavy atom. The maximum absolute atomic E-state index is 8.42. The zero-order chi connectivity index (χ0) is 15.0. The van der Waals surface area contributed by atoms with Crippen LogP contribution in [0.1, 0.15) is 40.0 Å². The van der Waals surface area contributed by atoms with E-state index in [2.05, 4.69) is 0 Å². The molecule has 0 aromatic rings. The van der Waals surface area contributed by atoms with Gasteiger partial charge >= 0.3 is 0 Å². The van der Waals surface area contributed by atoms with E-state index in [0.717, 1.165) is 0 Å². The molecule has 114 valence electrons. The molecule has 6 heteroatoms. The van der Waals surface area contributed by atoms with Gasteiger partial charge in [0.05, 0.1) is 38.1 Å². The molecule has 0 saturated carbocycles. The molecule has 0 aliphatic carbocycles. The van der Waals surface area contributed by atoms with Crippen LogP contribution in [0, 0.1) is 0 Å². The fraction of sp³-hybridized carbons (Fsp3) is 1.00. The summed E-state index contributed by atoms with van der Waals surface area (Å²) in [6, 6.07) is 0. The molecular weight excluding hydrogens is 240 g/mol. The molecule has 0 bridgehead atoms. The van der Waals surface area contributed by atoms with Crippen LogP contribution in [0.4, 0.5) is 0 Å². The van der Waals surface area contributed by atoms with Gasteiger partial charge in [0, 0.05) is 0 Å². The third-order valence-electron chi connectivity index (χ3n) is 2.05. The Labute approximate surface area is 110 Å². The molecule has 0 radical (unpaired) electrons. The lowest BCUT2D eigenvalue weighted by atomic mass is 10.3. The van der Waals surface area contributed by atoms with Gasteiger partial charge in [0.25, 0.3) is 0 Å². The molecule has 0 aliphatic heterocycles. The van der Waals surface area contributed by atoms with Crippen molar-refractivity contribution in [2.75, 3.05) is 19.8 Å². The van der Waals surface area contributed by atoms with E-state index in [1.807, 2.05) is 20.8 Å². The first kappa shape index (κ1) is 22.9. The molecule has 0 aliphatic rings. The maximum Gasteiger partial charge on any atom is 0.0768 e. The van der Waals surface area contributed by atoms with E-state index in [4.69, 9.17) is 30.6 Å². The number of aliphatic hydroxyl groups is 6. The predicted molar refractivity (Wildman–Crippen MR) is 70.2 cm³/mol. The smallest absolute Gasteiger partial charge is 0.0768 e. The zero-order valence-electron chi connectivity index (χ0n) is 11.7. The van der Waals surface area contributed by atoms with Crippen LogP contribution in [0.3, 0.4) is 0 Å². The number of rotatable bonds is 6. The van der Waals surface area contributed by atoms with E-state index in [-0.39, 0.29) is 19.8 Å². The lowest BCUT2D eigenvalue weighted by Crippen LogP contribution is -2.08. The van der Waals surface area contributed by atoms with Crippen LogP contribution >= 0.6 is 0 Å². The topological polar surface area (TPSA) is 121 Å². The van der Waals surface area contributed by atoms with E-state index in [1.165, 1.54) is 0 Å². The molecule has 0 spiro atoms. The highest BCUT2D eigenvalue weighted by molar-refractivity contribution is 4.44. The van der Waals surface area contributed by atoms with E-state index in [9.17, 15) is 0 Å². The van der Waals surface area contributed by atoms with Crippen LogP contribution in [0.5, 0.6) is 0 Å². The monoisotopic (exact) mass is 270 g/mol. The summed E-state index contributed by atoms with van der Waals surface area (Å²) in [6.45, 7) is 5.12. The van der Waals surface area contributed by atoms with Crippen LogP contribution in [0.25, 0.3) is 0 Å². The first-order chi connectivity index (χ1) is 8.42. The van der Waals surface area contributed by atoms with Crippen LogP contribution in [0.15, 0.2) is 0 Å². The summed E-state index contributed by atoms with van der Waals surface area (Å²) < 4.78 is 0. The Kier molecular flexibility index (Phi) is 24.3.